The van der Waals surface area contributed by atoms with E-state index >= 15 is 0 Å². The van der Waals surface area contributed by atoms with Crippen molar-refractivity contribution < 1.29 is 4.79 Å². The molecule has 0 aromatic carbocycles. The molecule has 0 aliphatic heterocycles. The molecule has 0 unspecified atom stereocenters. The van der Waals surface area contributed by atoms with Crippen molar-refractivity contribution in [3.8, 4) is 0 Å². The molecule has 0 radical (unpaired) electrons. The monoisotopic (exact) mass is 213 g/mol. The zero-order valence-corrected chi connectivity index (χ0v) is 8.58. The van der Waals surface area contributed by atoms with E-state index in [1.807, 2.05) is 24.3 Å². The van der Waals surface area contributed by atoms with Crippen molar-refractivity contribution in [2.45, 2.75) is 0 Å². The highest BCUT2D eigenvalue weighted by Gasteiger charge is 2.04. The van der Waals surface area contributed by atoms with Gasteiger partial charge in [0.15, 0.2) is 0 Å². The maximum absolute atomic E-state index is 11.5. The Morgan fingerprint density at radius 3 is 2.88 bits per heavy atom. The van der Waals surface area contributed by atoms with Crippen molar-refractivity contribution in [2.24, 2.45) is 11.0 Å². The van der Waals surface area contributed by atoms with Crippen molar-refractivity contribution in [2.75, 3.05) is 0 Å². The number of hydrogen-bond donors (Lipinski definition) is 1. The first-order valence-corrected chi connectivity index (χ1v) is 4.96. The second-order valence-electron chi connectivity index (χ2n) is 3.28. The van der Waals surface area contributed by atoms with Crippen LogP contribution in [0, 0.1) is 5.92 Å². The summed E-state index contributed by atoms with van der Waals surface area (Å²) in [4.78, 5) is 15.4. The SMILES string of the molecule is O=C(NN=CC1C=CC=C1)c1ccccn1. The minimum Gasteiger partial charge on any atom is -0.266 e. The summed E-state index contributed by atoms with van der Waals surface area (Å²) in [5.74, 6) is -0.133. The number of pyridine rings is 1. The van der Waals surface area contributed by atoms with Gasteiger partial charge in [0, 0.05) is 18.3 Å². The van der Waals surface area contributed by atoms with Crippen LogP contribution < -0.4 is 5.43 Å². The third kappa shape index (κ3) is 2.63. The summed E-state index contributed by atoms with van der Waals surface area (Å²) in [6.45, 7) is 0. The Bertz CT molecular complexity index is 437. The van der Waals surface area contributed by atoms with Crippen LogP contribution in [0.15, 0.2) is 53.8 Å². The number of nitrogens with one attached hydrogen (secondary N) is 1. The molecular formula is C12H11N3O. The molecule has 16 heavy (non-hydrogen) atoms. The molecule has 0 spiro atoms. The summed E-state index contributed by atoms with van der Waals surface area (Å²) in [6.07, 6.45) is 11.1. The lowest BCUT2D eigenvalue weighted by atomic mass is 10.2. The van der Waals surface area contributed by atoms with Gasteiger partial charge in [-0.2, -0.15) is 5.10 Å². The number of hydrazone groups is 1. The van der Waals surface area contributed by atoms with Gasteiger partial charge in [0.05, 0.1) is 0 Å². The van der Waals surface area contributed by atoms with Crippen molar-refractivity contribution in [3.63, 3.8) is 0 Å². The Balaban J connectivity index is 1.89. The van der Waals surface area contributed by atoms with Crippen LogP contribution in [-0.2, 0) is 0 Å². The smallest absolute Gasteiger partial charge is 0.266 e. The van der Waals surface area contributed by atoms with E-state index in [0.717, 1.165) is 0 Å². The second kappa shape index (κ2) is 5.02. The molecular weight excluding hydrogens is 202 g/mol. The number of carbonyl (C=O) groups is 1. The topological polar surface area (TPSA) is 54.4 Å². The summed E-state index contributed by atoms with van der Waals surface area (Å²) in [5.41, 5.74) is 2.78. The first-order chi connectivity index (χ1) is 7.86. The summed E-state index contributed by atoms with van der Waals surface area (Å²) >= 11 is 0. The first kappa shape index (κ1) is 10.3. The van der Waals surface area contributed by atoms with E-state index in [2.05, 4.69) is 15.5 Å². The van der Waals surface area contributed by atoms with Gasteiger partial charge in [0.1, 0.15) is 5.69 Å². The molecule has 4 nitrogen and oxygen atoms in total. The summed E-state index contributed by atoms with van der Waals surface area (Å²) in [6, 6.07) is 5.16. The lowest BCUT2D eigenvalue weighted by molar-refractivity contribution is 0.0950. The fourth-order valence-electron chi connectivity index (χ4n) is 1.28. The third-order valence-corrected chi connectivity index (χ3v) is 2.09. The Hall–Kier alpha value is -2.23. The highest BCUT2D eigenvalue weighted by atomic mass is 16.2. The molecule has 4 heteroatoms. The summed E-state index contributed by atoms with van der Waals surface area (Å²) in [5, 5.41) is 3.86. The summed E-state index contributed by atoms with van der Waals surface area (Å²) < 4.78 is 0. The first-order valence-electron chi connectivity index (χ1n) is 4.96. The molecule has 0 saturated carbocycles. The second-order valence-corrected chi connectivity index (χ2v) is 3.28. The van der Waals surface area contributed by atoms with Crippen LogP contribution in [0.25, 0.3) is 0 Å². The van der Waals surface area contributed by atoms with Crippen LogP contribution in [0.3, 0.4) is 0 Å². The number of rotatable bonds is 3. The van der Waals surface area contributed by atoms with Crippen molar-refractivity contribution >= 4 is 12.1 Å². The molecule has 1 amide bonds. The standard InChI is InChI=1S/C12H11N3O/c16-12(11-7-3-4-8-13-11)15-14-9-10-5-1-2-6-10/h1-10H,(H,15,16). The molecule has 0 atom stereocenters. The van der Waals surface area contributed by atoms with Crippen molar-refractivity contribution in [1.82, 2.24) is 10.4 Å². The molecule has 1 aromatic rings. The average molecular weight is 213 g/mol. The van der Waals surface area contributed by atoms with Crippen LogP contribution >= 0.6 is 0 Å². The number of amides is 1. The van der Waals surface area contributed by atoms with E-state index in [-0.39, 0.29) is 11.8 Å². The number of hydrogen-bond acceptors (Lipinski definition) is 3. The maximum Gasteiger partial charge on any atom is 0.289 e. The lowest BCUT2D eigenvalue weighted by Gasteiger charge is -1.98. The molecule has 1 aliphatic rings. The molecule has 1 N–H and O–H groups in total. The molecule has 0 bridgehead atoms. The zero-order chi connectivity index (χ0) is 11.2. The highest BCUT2D eigenvalue weighted by molar-refractivity contribution is 5.92. The highest BCUT2D eigenvalue weighted by Crippen LogP contribution is 2.04. The Kier molecular flexibility index (Phi) is 3.23. The molecule has 1 aromatic heterocycles. The minimum absolute atomic E-state index is 0.170. The van der Waals surface area contributed by atoms with Gasteiger partial charge in [-0.25, -0.2) is 5.43 Å². The number of aromatic nitrogens is 1. The van der Waals surface area contributed by atoms with Crippen LogP contribution in [0.1, 0.15) is 10.5 Å². The normalized spacial score (nSPS) is 14.8. The van der Waals surface area contributed by atoms with Gasteiger partial charge in [-0.15, -0.1) is 0 Å². The fourth-order valence-corrected chi connectivity index (χ4v) is 1.28. The van der Waals surface area contributed by atoms with Gasteiger partial charge in [0.25, 0.3) is 5.91 Å². The van der Waals surface area contributed by atoms with E-state index in [1.54, 1.807) is 30.6 Å². The number of allylic oxidation sites excluding steroid dienone is 4. The van der Waals surface area contributed by atoms with Gasteiger partial charge in [-0.05, 0) is 12.1 Å². The molecule has 1 aliphatic carbocycles. The van der Waals surface area contributed by atoms with Crippen molar-refractivity contribution in [3.05, 3.63) is 54.4 Å². The van der Waals surface area contributed by atoms with E-state index in [1.165, 1.54) is 0 Å². The minimum atomic E-state index is -0.303. The zero-order valence-electron chi connectivity index (χ0n) is 8.58. The van der Waals surface area contributed by atoms with Crippen LogP contribution in [0.2, 0.25) is 0 Å². The number of carbonyl (C=O) groups excluding carboxylic acids is 1. The maximum atomic E-state index is 11.5. The Morgan fingerprint density at radius 2 is 2.19 bits per heavy atom. The Labute approximate surface area is 93.4 Å². The van der Waals surface area contributed by atoms with E-state index in [4.69, 9.17) is 0 Å². The van der Waals surface area contributed by atoms with Crippen LogP contribution in [0.4, 0.5) is 0 Å². The van der Waals surface area contributed by atoms with Gasteiger partial charge >= 0.3 is 0 Å². The molecule has 0 fully saturated rings. The molecule has 1 heterocycles. The molecule has 2 rings (SSSR count). The summed E-state index contributed by atoms with van der Waals surface area (Å²) in [7, 11) is 0. The number of nitrogens with zero attached hydrogens (tertiary/aromatic N) is 2. The lowest BCUT2D eigenvalue weighted by Crippen LogP contribution is -2.19. The van der Waals surface area contributed by atoms with E-state index < -0.39 is 0 Å². The largest absolute Gasteiger partial charge is 0.289 e. The van der Waals surface area contributed by atoms with Gasteiger partial charge in [-0.3, -0.25) is 9.78 Å². The molecule has 80 valence electrons. The predicted molar refractivity (Wildman–Crippen MR) is 62.0 cm³/mol. The van der Waals surface area contributed by atoms with Gasteiger partial charge < -0.3 is 0 Å². The predicted octanol–water partition coefficient (Wildman–Crippen LogP) is 1.54. The van der Waals surface area contributed by atoms with Crippen LogP contribution in [-0.4, -0.2) is 17.1 Å². The van der Waals surface area contributed by atoms with E-state index in [9.17, 15) is 4.79 Å². The van der Waals surface area contributed by atoms with Crippen LogP contribution in [0.5, 0.6) is 0 Å². The van der Waals surface area contributed by atoms with Gasteiger partial charge in [0.2, 0.25) is 0 Å². The Morgan fingerprint density at radius 1 is 1.38 bits per heavy atom. The van der Waals surface area contributed by atoms with E-state index in [0.29, 0.717) is 5.69 Å². The molecule has 0 saturated heterocycles. The third-order valence-electron chi connectivity index (χ3n) is 2.09. The van der Waals surface area contributed by atoms with Gasteiger partial charge in [-0.1, -0.05) is 30.4 Å². The quantitative estimate of drug-likeness (QED) is 0.611. The van der Waals surface area contributed by atoms with Crippen molar-refractivity contribution in [1.29, 1.82) is 0 Å². The average Bonchev–Trinajstić information content (AvgIpc) is 2.83. The fraction of sp³-hybridized carbons (Fsp3) is 0.0833.